The van der Waals surface area contributed by atoms with Gasteiger partial charge >= 0.3 is 0 Å². The number of halogens is 1. The van der Waals surface area contributed by atoms with Crippen LogP contribution in [0.15, 0.2) is 30.9 Å². The lowest BCUT2D eigenvalue weighted by Gasteiger charge is -2.07. The average molecular weight is 265 g/mol. The molecule has 1 aromatic rings. The van der Waals surface area contributed by atoms with Crippen molar-refractivity contribution < 1.29 is 4.74 Å². The molecule has 0 aromatic heterocycles. The minimum absolute atomic E-state index is 0.580. The number of ether oxygens (including phenoxy) is 1. The zero-order valence-corrected chi connectivity index (χ0v) is 11.0. The minimum Gasteiger partial charge on any atom is -0.380 e. The van der Waals surface area contributed by atoms with E-state index in [0.29, 0.717) is 30.3 Å². The highest BCUT2D eigenvalue weighted by Crippen LogP contribution is 2.17. The summed E-state index contributed by atoms with van der Waals surface area (Å²) < 4.78 is 5.37. The molecule has 0 spiro atoms. The van der Waals surface area contributed by atoms with E-state index in [0.717, 1.165) is 18.5 Å². The van der Waals surface area contributed by atoms with Gasteiger partial charge in [-0.25, -0.2) is 0 Å². The smallest absolute Gasteiger partial charge is 0.0992 e. The van der Waals surface area contributed by atoms with Gasteiger partial charge in [0.25, 0.3) is 0 Å². The SMILES string of the molecule is C=CCCOCCNCc1ccc(C#N)cc1Cl. The maximum atomic E-state index is 8.72. The number of hydrogen-bond donors (Lipinski definition) is 1. The fourth-order valence-corrected chi connectivity index (χ4v) is 1.64. The molecule has 0 atom stereocenters. The Balaban J connectivity index is 2.23. The average Bonchev–Trinajstić information content (AvgIpc) is 2.39. The van der Waals surface area contributed by atoms with Crippen molar-refractivity contribution in [3.05, 3.63) is 47.0 Å². The third-order valence-electron chi connectivity index (χ3n) is 2.39. The van der Waals surface area contributed by atoms with Crippen LogP contribution in [0.2, 0.25) is 5.02 Å². The molecular weight excluding hydrogens is 248 g/mol. The van der Waals surface area contributed by atoms with Crippen LogP contribution in [0.4, 0.5) is 0 Å². The van der Waals surface area contributed by atoms with Crippen molar-refractivity contribution in [1.82, 2.24) is 5.32 Å². The first kappa shape index (κ1) is 14.7. The molecule has 0 saturated carbocycles. The highest BCUT2D eigenvalue weighted by Gasteiger charge is 2.01. The molecule has 0 heterocycles. The van der Waals surface area contributed by atoms with Crippen molar-refractivity contribution in [2.24, 2.45) is 0 Å². The first-order chi connectivity index (χ1) is 8.77. The first-order valence-corrected chi connectivity index (χ1v) is 6.23. The molecule has 0 radical (unpaired) electrons. The van der Waals surface area contributed by atoms with Crippen LogP contribution in [0.25, 0.3) is 0 Å². The Kier molecular flexibility index (Phi) is 7.12. The molecule has 0 aliphatic carbocycles. The molecule has 1 aromatic carbocycles. The molecule has 3 nitrogen and oxygen atoms in total. The number of nitriles is 1. The van der Waals surface area contributed by atoms with Crippen molar-refractivity contribution in [3.8, 4) is 6.07 Å². The van der Waals surface area contributed by atoms with E-state index in [9.17, 15) is 0 Å². The fraction of sp³-hybridized carbons (Fsp3) is 0.357. The van der Waals surface area contributed by atoms with E-state index in [2.05, 4.69) is 18.0 Å². The van der Waals surface area contributed by atoms with Crippen LogP contribution < -0.4 is 5.32 Å². The van der Waals surface area contributed by atoms with E-state index in [-0.39, 0.29) is 0 Å². The van der Waals surface area contributed by atoms with Crippen molar-refractivity contribution in [1.29, 1.82) is 5.26 Å². The molecule has 0 saturated heterocycles. The Morgan fingerprint density at radius 1 is 1.44 bits per heavy atom. The van der Waals surface area contributed by atoms with E-state index in [4.69, 9.17) is 21.6 Å². The standard InChI is InChI=1S/C14H17ClN2O/c1-2-3-7-18-8-6-17-11-13-5-4-12(10-16)9-14(13)15/h2,4-5,9,17H,1,3,6-8,11H2. The topological polar surface area (TPSA) is 45.0 Å². The predicted molar refractivity (Wildman–Crippen MR) is 73.5 cm³/mol. The van der Waals surface area contributed by atoms with Gasteiger partial charge in [0.05, 0.1) is 24.8 Å². The van der Waals surface area contributed by atoms with Gasteiger partial charge in [-0.2, -0.15) is 5.26 Å². The van der Waals surface area contributed by atoms with Crippen LogP contribution in [0.3, 0.4) is 0 Å². The Morgan fingerprint density at radius 2 is 2.28 bits per heavy atom. The van der Waals surface area contributed by atoms with Crippen LogP contribution in [-0.2, 0) is 11.3 Å². The van der Waals surface area contributed by atoms with Crippen molar-refractivity contribution >= 4 is 11.6 Å². The number of nitrogens with one attached hydrogen (secondary N) is 1. The van der Waals surface area contributed by atoms with E-state index in [1.165, 1.54) is 0 Å². The summed E-state index contributed by atoms with van der Waals surface area (Å²) in [6.45, 7) is 6.45. The highest BCUT2D eigenvalue weighted by atomic mass is 35.5. The molecule has 0 bridgehead atoms. The van der Waals surface area contributed by atoms with Gasteiger partial charge in [-0.15, -0.1) is 6.58 Å². The lowest BCUT2D eigenvalue weighted by molar-refractivity contribution is 0.140. The lowest BCUT2D eigenvalue weighted by Crippen LogP contribution is -2.19. The summed E-state index contributed by atoms with van der Waals surface area (Å²) in [4.78, 5) is 0. The molecule has 18 heavy (non-hydrogen) atoms. The van der Waals surface area contributed by atoms with E-state index < -0.39 is 0 Å². The van der Waals surface area contributed by atoms with Crippen LogP contribution in [-0.4, -0.2) is 19.8 Å². The van der Waals surface area contributed by atoms with Gasteiger partial charge in [-0.1, -0.05) is 23.7 Å². The van der Waals surface area contributed by atoms with E-state index in [1.807, 2.05) is 12.1 Å². The molecule has 0 amide bonds. The summed E-state index contributed by atoms with van der Waals surface area (Å²) in [5.41, 5.74) is 1.57. The van der Waals surface area contributed by atoms with Gasteiger partial charge in [-0.05, 0) is 24.1 Å². The monoisotopic (exact) mass is 264 g/mol. The Bertz CT molecular complexity index is 426. The summed E-state index contributed by atoms with van der Waals surface area (Å²) in [5.74, 6) is 0. The molecule has 0 aliphatic heterocycles. The second-order valence-electron chi connectivity index (χ2n) is 3.78. The van der Waals surface area contributed by atoms with Crippen molar-refractivity contribution in [3.63, 3.8) is 0 Å². The summed E-state index contributed by atoms with van der Waals surface area (Å²) in [6.07, 6.45) is 2.71. The second kappa shape index (κ2) is 8.71. The molecular formula is C14H17ClN2O. The summed E-state index contributed by atoms with van der Waals surface area (Å²) in [6, 6.07) is 7.37. The van der Waals surface area contributed by atoms with Crippen LogP contribution in [0.1, 0.15) is 17.5 Å². The Morgan fingerprint density at radius 3 is 2.94 bits per heavy atom. The van der Waals surface area contributed by atoms with Gasteiger partial charge in [0.15, 0.2) is 0 Å². The lowest BCUT2D eigenvalue weighted by atomic mass is 10.1. The number of hydrogen-bond acceptors (Lipinski definition) is 3. The third kappa shape index (κ3) is 5.33. The predicted octanol–water partition coefficient (Wildman–Crippen LogP) is 2.89. The molecule has 0 unspecified atom stereocenters. The number of rotatable bonds is 8. The van der Waals surface area contributed by atoms with Crippen LogP contribution in [0, 0.1) is 11.3 Å². The quantitative estimate of drug-likeness (QED) is 0.580. The zero-order valence-electron chi connectivity index (χ0n) is 10.3. The molecule has 96 valence electrons. The summed E-state index contributed by atoms with van der Waals surface area (Å²) in [7, 11) is 0. The normalized spacial score (nSPS) is 10.0. The highest BCUT2D eigenvalue weighted by molar-refractivity contribution is 6.31. The first-order valence-electron chi connectivity index (χ1n) is 5.86. The third-order valence-corrected chi connectivity index (χ3v) is 2.74. The van der Waals surface area contributed by atoms with Crippen LogP contribution >= 0.6 is 11.6 Å². The Hall–Kier alpha value is -1.34. The van der Waals surface area contributed by atoms with Gasteiger partial charge < -0.3 is 10.1 Å². The number of nitrogens with zero attached hydrogens (tertiary/aromatic N) is 1. The Labute approximate surface area is 113 Å². The van der Waals surface area contributed by atoms with Crippen molar-refractivity contribution in [2.75, 3.05) is 19.8 Å². The summed E-state index contributed by atoms with van der Waals surface area (Å²) >= 11 is 6.06. The molecule has 0 fully saturated rings. The van der Waals surface area contributed by atoms with E-state index in [1.54, 1.807) is 12.1 Å². The van der Waals surface area contributed by atoms with Crippen LogP contribution in [0.5, 0.6) is 0 Å². The summed E-state index contributed by atoms with van der Waals surface area (Å²) in [5, 5.41) is 12.6. The maximum Gasteiger partial charge on any atom is 0.0992 e. The molecule has 4 heteroatoms. The van der Waals surface area contributed by atoms with Gasteiger partial charge in [-0.3, -0.25) is 0 Å². The maximum absolute atomic E-state index is 8.72. The minimum atomic E-state index is 0.580. The molecule has 0 aliphatic rings. The number of benzene rings is 1. The fourth-order valence-electron chi connectivity index (χ4n) is 1.40. The van der Waals surface area contributed by atoms with E-state index >= 15 is 0 Å². The largest absolute Gasteiger partial charge is 0.380 e. The second-order valence-corrected chi connectivity index (χ2v) is 4.19. The van der Waals surface area contributed by atoms with Gasteiger partial charge in [0.1, 0.15) is 0 Å². The van der Waals surface area contributed by atoms with Crippen molar-refractivity contribution in [2.45, 2.75) is 13.0 Å². The zero-order chi connectivity index (χ0) is 13.2. The van der Waals surface area contributed by atoms with Gasteiger partial charge in [0.2, 0.25) is 0 Å². The molecule has 1 rings (SSSR count). The van der Waals surface area contributed by atoms with Gasteiger partial charge in [0, 0.05) is 18.1 Å². The molecule has 1 N–H and O–H groups in total.